The van der Waals surface area contributed by atoms with Crippen LogP contribution in [0.5, 0.6) is 5.88 Å². The van der Waals surface area contributed by atoms with Crippen LogP contribution in [0.15, 0.2) is 23.3 Å². The molecule has 0 radical (unpaired) electrons. The summed E-state index contributed by atoms with van der Waals surface area (Å²) in [7, 11) is 1.84. The van der Waals surface area contributed by atoms with Crippen molar-refractivity contribution in [1.82, 2.24) is 15.2 Å². The number of aromatic nitrogens is 1. The quantitative estimate of drug-likeness (QED) is 0.441. The van der Waals surface area contributed by atoms with Gasteiger partial charge in [-0.25, -0.2) is 4.98 Å². The van der Waals surface area contributed by atoms with Crippen molar-refractivity contribution in [1.29, 1.82) is 0 Å². The Morgan fingerprint density at radius 3 is 2.87 bits per heavy atom. The van der Waals surface area contributed by atoms with E-state index in [0.29, 0.717) is 24.4 Å². The van der Waals surface area contributed by atoms with E-state index in [-0.39, 0.29) is 24.0 Å². The van der Waals surface area contributed by atoms with Crippen LogP contribution in [0.1, 0.15) is 39.2 Å². The van der Waals surface area contributed by atoms with Gasteiger partial charge in [0.2, 0.25) is 5.88 Å². The molecule has 0 bridgehead atoms. The molecule has 0 atom stereocenters. The van der Waals surface area contributed by atoms with Crippen LogP contribution in [0.2, 0.25) is 0 Å². The number of pyridine rings is 1. The number of nitrogens with zero attached hydrogens (tertiary/aromatic N) is 3. The number of hydrogen-bond acceptors (Lipinski definition) is 3. The average molecular weight is 432 g/mol. The minimum Gasteiger partial charge on any atom is -0.477 e. The van der Waals surface area contributed by atoms with Gasteiger partial charge < -0.3 is 15.0 Å². The first-order chi connectivity index (χ1) is 10.6. The first-order valence-electron chi connectivity index (χ1n) is 8.08. The normalized spacial score (nSPS) is 16.9. The minimum absolute atomic E-state index is 0. The summed E-state index contributed by atoms with van der Waals surface area (Å²) in [5.41, 5.74) is 1.43. The number of nitrogens with one attached hydrogen (secondary N) is 1. The van der Waals surface area contributed by atoms with Crippen molar-refractivity contribution < 1.29 is 4.74 Å². The van der Waals surface area contributed by atoms with Gasteiger partial charge in [0.25, 0.3) is 0 Å². The highest BCUT2D eigenvalue weighted by atomic mass is 127. The van der Waals surface area contributed by atoms with E-state index < -0.39 is 0 Å². The third kappa shape index (κ3) is 5.82. The molecule has 130 valence electrons. The summed E-state index contributed by atoms with van der Waals surface area (Å²) in [6, 6.07) is 3.99. The maximum Gasteiger partial charge on any atom is 0.218 e. The largest absolute Gasteiger partial charge is 0.477 e. The van der Waals surface area contributed by atoms with Crippen molar-refractivity contribution in [2.24, 2.45) is 10.4 Å². The van der Waals surface area contributed by atoms with Gasteiger partial charge in [-0.15, -0.1) is 24.0 Å². The van der Waals surface area contributed by atoms with Gasteiger partial charge >= 0.3 is 0 Å². The van der Waals surface area contributed by atoms with Crippen molar-refractivity contribution in [3.8, 4) is 5.88 Å². The molecule has 0 aliphatic carbocycles. The van der Waals surface area contributed by atoms with E-state index >= 15 is 0 Å². The van der Waals surface area contributed by atoms with E-state index in [4.69, 9.17) is 4.74 Å². The highest BCUT2D eigenvalue weighted by Gasteiger charge is 2.30. The van der Waals surface area contributed by atoms with Crippen LogP contribution < -0.4 is 10.1 Å². The standard InChI is InChI=1S/C17H28N4O.HI/c1-5-11-22-15-14(7-6-9-19-15)12-20-16(18-4)21-10-8-17(2,3)13-21;/h6-7,9H,5,8,10-13H2,1-4H3,(H,18,20);1H. The van der Waals surface area contributed by atoms with Crippen LogP contribution in [0.4, 0.5) is 0 Å². The second-order valence-electron chi connectivity index (χ2n) is 6.55. The first kappa shape index (κ1) is 20.0. The predicted octanol–water partition coefficient (Wildman–Crippen LogP) is 3.30. The highest BCUT2D eigenvalue weighted by molar-refractivity contribution is 14.0. The van der Waals surface area contributed by atoms with Crippen molar-refractivity contribution in [3.05, 3.63) is 23.9 Å². The summed E-state index contributed by atoms with van der Waals surface area (Å²) < 4.78 is 5.71. The molecule has 0 unspecified atom stereocenters. The molecule has 1 aromatic heterocycles. The molecule has 23 heavy (non-hydrogen) atoms. The molecule has 6 heteroatoms. The summed E-state index contributed by atoms with van der Waals surface area (Å²) in [5, 5.41) is 3.44. The molecule has 5 nitrogen and oxygen atoms in total. The zero-order valence-corrected chi connectivity index (χ0v) is 17.0. The Morgan fingerprint density at radius 1 is 1.48 bits per heavy atom. The number of aliphatic imine (C=N–C) groups is 1. The molecule has 0 aromatic carbocycles. The molecule has 2 heterocycles. The Bertz CT molecular complexity index is 519. The molecule has 0 saturated carbocycles. The van der Waals surface area contributed by atoms with E-state index in [2.05, 4.69) is 41.0 Å². The number of guanidine groups is 1. The van der Waals surface area contributed by atoms with E-state index in [1.165, 1.54) is 6.42 Å². The molecule has 1 saturated heterocycles. The molecule has 1 N–H and O–H groups in total. The lowest BCUT2D eigenvalue weighted by molar-refractivity contribution is 0.301. The number of ether oxygens (including phenoxy) is 1. The number of halogens is 1. The lowest BCUT2D eigenvalue weighted by atomic mass is 9.93. The van der Waals surface area contributed by atoms with E-state index in [0.717, 1.165) is 31.0 Å². The number of hydrogen-bond donors (Lipinski definition) is 1. The Labute approximate surface area is 156 Å². The maximum absolute atomic E-state index is 5.71. The monoisotopic (exact) mass is 432 g/mol. The van der Waals surface area contributed by atoms with Gasteiger partial charge in [-0.3, -0.25) is 4.99 Å². The van der Waals surface area contributed by atoms with E-state index in [1.54, 1.807) is 6.20 Å². The molecule has 1 fully saturated rings. The van der Waals surface area contributed by atoms with Gasteiger partial charge in [0, 0.05) is 38.4 Å². The minimum atomic E-state index is 0. The van der Waals surface area contributed by atoms with Crippen LogP contribution in [0.3, 0.4) is 0 Å². The molecular formula is C17H29IN4O. The Balaban J connectivity index is 0.00000264. The average Bonchev–Trinajstić information content (AvgIpc) is 2.87. The van der Waals surface area contributed by atoms with Crippen LogP contribution >= 0.6 is 24.0 Å². The van der Waals surface area contributed by atoms with Crippen molar-refractivity contribution in [2.45, 2.75) is 40.2 Å². The van der Waals surface area contributed by atoms with Gasteiger partial charge in [0.15, 0.2) is 5.96 Å². The fourth-order valence-corrected chi connectivity index (χ4v) is 2.69. The molecule has 1 aliphatic rings. The zero-order valence-electron chi connectivity index (χ0n) is 14.6. The van der Waals surface area contributed by atoms with Crippen molar-refractivity contribution in [3.63, 3.8) is 0 Å². The molecular weight excluding hydrogens is 403 g/mol. The highest BCUT2D eigenvalue weighted by Crippen LogP contribution is 2.28. The lowest BCUT2D eigenvalue weighted by Crippen LogP contribution is -2.40. The van der Waals surface area contributed by atoms with Gasteiger partial charge in [0.05, 0.1) is 6.61 Å². The maximum atomic E-state index is 5.71. The van der Waals surface area contributed by atoms with Crippen molar-refractivity contribution >= 4 is 29.9 Å². The van der Waals surface area contributed by atoms with E-state index in [1.807, 2.05) is 19.2 Å². The SMILES string of the molecule is CCCOc1ncccc1CNC(=NC)N1CCC(C)(C)C1.I. The predicted molar refractivity (Wildman–Crippen MR) is 106 cm³/mol. The first-order valence-corrected chi connectivity index (χ1v) is 8.08. The van der Waals surface area contributed by atoms with Gasteiger partial charge in [-0.1, -0.05) is 26.8 Å². The zero-order chi connectivity index (χ0) is 16.0. The Kier molecular flexibility index (Phi) is 8.08. The van der Waals surface area contributed by atoms with Crippen LogP contribution in [0, 0.1) is 5.41 Å². The molecule has 1 aliphatic heterocycles. The Morgan fingerprint density at radius 2 is 2.26 bits per heavy atom. The number of rotatable bonds is 5. The summed E-state index contributed by atoms with van der Waals surface area (Å²) in [6.07, 6.45) is 3.95. The van der Waals surface area contributed by atoms with Crippen molar-refractivity contribution in [2.75, 3.05) is 26.7 Å². The molecule has 1 aromatic rings. The van der Waals surface area contributed by atoms with Gasteiger partial charge in [-0.2, -0.15) is 0 Å². The fourth-order valence-electron chi connectivity index (χ4n) is 2.69. The molecule has 0 amide bonds. The topological polar surface area (TPSA) is 49.8 Å². The van der Waals surface area contributed by atoms with Gasteiger partial charge in [-0.05, 0) is 24.3 Å². The second-order valence-corrected chi connectivity index (χ2v) is 6.55. The summed E-state index contributed by atoms with van der Waals surface area (Å²) in [6.45, 7) is 10.2. The van der Waals surface area contributed by atoms with E-state index in [9.17, 15) is 0 Å². The smallest absolute Gasteiger partial charge is 0.218 e. The third-order valence-electron chi connectivity index (χ3n) is 3.92. The van der Waals surface area contributed by atoms with Crippen LogP contribution in [0.25, 0.3) is 0 Å². The summed E-state index contributed by atoms with van der Waals surface area (Å²) in [5.74, 6) is 1.67. The summed E-state index contributed by atoms with van der Waals surface area (Å²) >= 11 is 0. The Hall–Kier alpha value is -1.05. The molecule has 2 rings (SSSR count). The number of likely N-dealkylation sites (tertiary alicyclic amines) is 1. The lowest BCUT2D eigenvalue weighted by Gasteiger charge is -2.24. The summed E-state index contributed by atoms with van der Waals surface area (Å²) in [4.78, 5) is 11.1. The van der Waals surface area contributed by atoms with Crippen LogP contribution in [-0.4, -0.2) is 42.6 Å². The van der Waals surface area contributed by atoms with Crippen LogP contribution in [-0.2, 0) is 6.54 Å². The third-order valence-corrected chi connectivity index (χ3v) is 3.92. The fraction of sp³-hybridized carbons (Fsp3) is 0.647. The second kappa shape index (κ2) is 9.30. The van der Waals surface area contributed by atoms with Gasteiger partial charge in [0.1, 0.15) is 0 Å². The molecule has 0 spiro atoms.